The van der Waals surface area contributed by atoms with Gasteiger partial charge in [-0.2, -0.15) is 4.98 Å². The third-order valence-electron chi connectivity index (χ3n) is 4.35. The molecule has 1 saturated heterocycles. The van der Waals surface area contributed by atoms with Gasteiger partial charge in [0.15, 0.2) is 5.82 Å². The van der Waals surface area contributed by atoms with Gasteiger partial charge >= 0.3 is 0 Å². The summed E-state index contributed by atoms with van der Waals surface area (Å²) in [6, 6.07) is 1.96. The number of nitrogens with zero attached hydrogens (tertiary/aromatic N) is 3. The third kappa shape index (κ3) is 4.46. The van der Waals surface area contributed by atoms with Crippen molar-refractivity contribution >= 4 is 5.91 Å². The lowest BCUT2D eigenvalue weighted by Gasteiger charge is -2.31. The molecule has 0 atom stereocenters. The molecule has 0 saturated carbocycles. The van der Waals surface area contributed by atoms with E-state index in [0.29, 0.717) is 36.2 Å². The molecule has 0 radical (unpaired) electrons. The maximum Gasteiger partial charge on any atom is 0.255 e. The molecule has 3 heterocycles. The van der Waals surface area contributed by atoms with Crippen LogP contribution in [0.25, 0.3) is 0 Å². The summed E-state index contributed by atoms with van der Waals surface area (Å²) in [5.41, 5.74) is 0.623. The molecular weight excluding hydrogens is 324 g/mol. The number of likely N-dealkylation sites (tertiary alicyclic amines) is 1. The summed E-state index contributed by atoms with van der Waals surface area (Å²) >= 11 is 0. The van der Waals surface area contributed by atoms with Crippen molar-refractivity contribution in [3.05, 3.63) is 34.9 Å². The minimum atomic E-state index is -0.0600. The van der Waals surface area contributed by atoms with Crippen LogP contribution in [0.3, 0.4) is 0 Å². The Hall–Kier alpha value is -2.19. The number of aryl methyl sites for hydroxylation is 2. The number of aromatic nitrogens is 2. The van der Waals surface area contributed by atoms with Crippen LogP contribution in [0.1, 0.15) is 46.4 Å². The van der Waals surface area contributed by atoms with Crippen LogP contribution in [0.5, 0.6) is 0 Å². The van der Waals surface area contributed by atoms with Gasteiger partial charge in [0.1, 0.15) is 18.1 Å². The highest BCUT2D eigenvalue weighted by Gasteiger charge is 2.23. The predicted molar refractivity (Wildman–Crippen MR) is 89.0 cm³/mol. The first-order valence-corrected chi connectivity index (χ1v) is 8.46. The van der Waals surface area contributed by atoms with Crippen molar-refractivity contribution in [1.82, 2.24) is 20.4 Å². The molecule has 25 heavy (non-hydrogen) atoms. The Morgan fingerprint density at radius 3 is 2.80 bits per heavy atom. The summed E-state index contributed by atoms with van der Waals surface area (Å²) in [5, 5.41) is 7.06. The van der Waals surface area contributed by atoms with E-state index in [2.05, 4.69) is 20.4 Å². The number of nitrogens with one attached hydrogen (secondary N) is 1. The van der Waals surface area contributed by atoms with E-state index in [1.165, 1.54) is 0 Å². The summed E-state index contributed by atoms with van der Waals surface area (Å²) in [7, 11) is 1.59. The largest absolute Gasteiger partial charge is 0.466 e. The van der Waals surface area contributed by atoms with E-state index >= 15 is 0 Å². The monoisotopic (exact) mass is 348 g/mol. The van der Waals surface area contributed by atoms with Gasteiger partial charge in [0.25, 0.3) is 11.8 Å². The van der Waals surface area contributed by atoms with E-state index in [0.717, 1.165) is 31.7 Å². The van der Waals surface area contributed by atoms with Crippen LogP contribution in [0.4, 0.5) is 0 Å². The first-order chi connectivity index (χ1) is 12.0. The Morgan fingerprint density at radius 1 is 1.40 bits per heavy atom. The van der Waals surface area contributed by atoms with Gasteiger partial charge in [0.2, 0.25) is 0 Å². The number of amides is 1. The number of hydrogen-bond acceptors (Lipinski definition) is 7. The highest BCUT2D eigenvalue weighted by molar-refractivity contribution is 5.95. The van der Waals surface area contributed by atoms with E-state index in [1.54, 1.807) is 13.2 Å². The number of furan rings is 1. The van der Waals surface area contributed by atoms with E-state index in [1.807, 2.05) is 13.8 Å². The second kappa shape index (κ2) is 7.79. The normalized spacial score (nSPS) is 16.3. The molecule has 1 amide bonds. The second-order valence-corrected chi connectivity index (χ2v) is 6.39. The number of piperidine rings is 1. The number of hydrogen-bond donors (Lipinski definition) is 1. The van der Waals surface area contributed by atoms with Gasteiger partial charge in [0.05, 0.1) is 12.1 Å². The molecule has 0 aromatic carbocycles. The molecule has 136 valence electrons. The van der Waals surface area contributed by atoms with Gasteiger partial charge in [-0.1, -0.05) is 5.16 Å². The minimum absolute atomic E-state index is 0.0600. The molecule has 2 aromatic rings. The summed E-state index contributed by atoms with van der Waals surface area (Å²) < 4.78 is 15.5. The fourth-order valence-electron chi connectivity index (χ4n) is 3.09. The zero-order chi connectivity index (χ0) is 17.8. The summed E-state index contributed by atoms with van der Waals surface area (Å²) in [6.07, 6.45) is 1.79. The molecule has 3 rings (SSSR count). The first-order valence-electron chi connectivity index (χ1n) is 8.46. The number of rotatable bonds is 6. The Labute approximate surface area is 146 Å². The maximum absolute atomic E-state index is 12.4. The Bertz CT molecular complexity index is 716. The maximum atomic E-state index is 12.4. The highest BCUT2D eigenvalue weighted by atomic mass is 16.5. The molecule has 0 spiro atoms. The third-order valence-corrected chi connectivity index (χ3v) is 4.35. The average molecular weight is 348 g/mol. The molecule has 1 aliphatic heterocycles. The van der Waals surface area contributed by atoms with Crippen molar-refractivity contribution in [3.8, 4) is 0 Å². The van der Waals surface area contributed by atoms with E-state index < -0.39 is 0 Å². The van der Waals surface area contributed by atoms with Gasteiger partial charge in [-0.05, 0) is 32.8 Å². The van der Waals surface area contributed by atoms with Crippen molar-refractivity contribution in [3.63, 3.8) is 0 Å². The number of methoxy groups -OCH3 is 1. The van der Waals surface area contributed by atoms with Gasteiger partial charge in [-0.3, -0.25) is 9.69 Å². The standard InChI is InChI=1S/C17H24N4O4/c1-11-8-14(12(2)24-11)17(22)18-13-4-6-21(7-5-13)9-15-19-16(10-23-3)25-20-15/h8,13H,4-7,9-10H2,1-3H3,(H,18,22). The van der Waals surface area contributed by atoms with Crippen LogP contribution in [0, 0.1) is 13.8 Å². The fourth-order valence-corrected chi connectivity index (χ4v) is 3.09. The molecule has 1 N–H and O–H groups in total. The molecule has 0 aliphatic carbocycles. The molecule has 0 bridgehead atoms. The molecule has 2 aromatic heterocycles. The van der Waals surface area contributed by atoms with Gasteiger partial charge in [-0.25, -0.2) is 0 Å². The van der Waals surface area contributed by atoms with Crippen LogP contribution >= 0.6 is 0 Å². The van der Waals surface area contributed by atoms with E-state index in [4.69, 9.17) is 13.7 Å². The van der Waals surface area contributed by atoms with Crippen LogP contribution in [0.2, 0.25) is 0 Å². The molecule has 0 unspecified atom stereocenters. The van der Waals surface area contributed by atoms with Gasteiger partial charge in [0, 0.05) is 26.2 Å². The SMILES string of the molecule is COCc1nc(CN2CCC(NC(=O)c3cc(C)oc3C)CC2)no1. The minimum Gasteiger partial charge on any atom is -0.466 e. The van der Waals surface area contributed by atoms with Crippen molar-refractivity contribution in [2.75, 3.05) is 20.2 Å². The smallest absolute Gasteiger partial charge is 0.255 e. The number of ether oxygens (including phenoxy) is 1. The first kappa shape index (κ1) is 17.6. The molecule has 1 fully saturated rings. The molecule has 1 aliphatic rings. The second-order valence-electron chi connectivity index (χ2n) is 6.39. The van der Waals surface area contributed by atoms with Crippen LogP contribution in [-0.2, 0) is 17.9 Å². The Morgan fingerprint density at radius 2 is 2.16 bits per heavy atom. The lowest BCUT2D eigenvalue weighted by Crippen LogP contribution is -2.44. The van der Waals surface area contributed by atoms with Gasteiger partial charge in [-0.15, -0.1) is 0 Å². The topological polar surface area (TPSA) is 93.6 Å². The van der Waals surface area contributed by atoms with Crippen LogP contribution in [-0.4, -0.2) is 47.2 Å². The van der Waals surface area contributed by atoms with Gasteiger partial charge < -0.3 is 19.0 Å². The number of carbonyl (C=O) groups is 1. The summed E-state index contributed by atoms with van der Waals surface area (Å²) in [4.78, 5) is 18.9. The fraction of sp³-hybridized carbons (Fsp3) is 0.588. The lowest BCUT2D eigenvalue weighted by atomic mass is 10.0. The van der Waals surface area contributed by atoms with Crippen LogP contribution < -0.4 is 5.32 Å². The Balaban J connectivity index is 1.46. The van der Waals surface area contributed by atoms with Crippen molar-refractivity contribution in [2.45, 2.75) is 45.9 Å². The van der Waals surface area contributed by atoms with E-state index in [9.17, 15) is 4.79 Å². The lowest BCUT2D eigenvalue weighted by molar-refractivity contribution is 0.0906. The van der Waals surface area contributed by atoms with Crippen molar-refractivity contribution < 1.29 is 18.5 Å². The van der Waals surface area contributed by atoms with Crippen molar-refractivity contribution in [2.24, 2.45) is 0 Å². The quantitative estimate of drug-likeness (QED) is 0.851. The summed E-state index contributed by atoms with van der Waals surface area (Å²) in [5.74, 6) is 2.52. The molecule has 8 nitrogen and oxygen atoms in total. The highest BCUT2D eigenvalue weighted by Crippen LogP contribution is 2.16. The molecular formula is C17H24N4O4. The zero-order valence-corrected chi connectivity index (χ0v) is 14.9. The van der Waals surface area contributed by atoms with Crippen molar-refractivity contribution in [1.29, 1.82) is 0 Å². The summed E-state index contributed by atoms with van der Waals surface area (Å²) in [6.45, 7) is 6.39. The van der Waals surface area contributed by atoms with Crippen LogP contribution in [0.15, 0.2) is 15.0 Å². The average Bonchev–Trinajstić information content (AvgIpc) is 3.15. The predicted octanol–water partition coefficient (Wildman–Crippen LogP) is 1.82. The number of carbonyl (C=O) groups excluding carboxylic acids is 1. The zero-order valence-electron chi connectivity index (χ0n) is 14.9. The Kier molecular flexibility index (Phi) is 5.50. The molecule has 8 heteroatoms. The van der Waals surface area contributed by atoms with E-state index in [-0.39, 0.29) is 11.9 Å².